The monoisotopic (exact) mass is 499 g/mol. The first-order chi connectivity index (χ1) is 17.4. The summed E-state index contributed by atoms with van der Waals surface area (Å²) in [6.45, 7) is 2.73. The summed E-state index contributed by atoms with van der Waals surface area (Å²) in [6.07, 6.45) is 0.704. The van der Waals surface area contributed by atoms with E-state index in [1.54, 1.807) is 13.2 Å². The van der Waals surface area contributed by atoms with E-state index < -0.39 is 11.6 Å². The summed E-state index contributed by atoms with van der Waals surface area (Å²) in [7, 11) is 1.66. The highest BCUT2D eigenvalue weighted by Gasteiger charge is 2.29. The number of amides is 1. The number of carbonyl (C=O) groups is 1. The number of aromatic nitrogens is 2. The fourth-order valence-corrected chi connectivity index (χ4v) is 4.79. The summed E-state index contributed by atoms with van der Waals surface area (Å²) < 4.78 is 40.5. The van der Waals surface area contributed by atoms with E-state index in [1.165, 1.54) is 22.8 Å². The molecule has 2 aromatic heterocycles. The van der Waals surface area contributed by atoms with Crippen molar-refractivity contribution in [1.29, 1.82) is 0 Å². The molecule has 0 radical (unpaired) electrons. The lowest BCUT2D eigenvalue weighted by atomic mass is 10.0. The molecule has 5 rings (SSSR count). The van der Waals surface area contributed by atoms with Gasteiger partial charge in [-0.25, -0.2) is 13.8 Å². The van der Waals surface area contributed by atoms with Gasteiger partial charge in [-0.2, -0.15) is 0 Å². The largest absolute Gasteiger partial charge is 0.480 e. The van der Waals surface area contributed by atoms with Crippen molar-refractivity contribution >= 4 is 22.6 Å². The molecular formula is C25H27F2N5O4. The molecule has 1 aromatic carbocycles. The van der Waals surface area contributed by atoms with Crippen molar-refractivity contribution in [3.63, 3.8) is 0 Å². The Labute approximate surface area is 206 Å². The first-order valence-corrected chi connectivity index (χ1v) is 11.8. The molecule has 0 aliphatic carbocycles. The minimum atomic E-state index is -0.714. The Morgan fingerprint density at radius 3 is 2.89 bits per heavy atom. The van der Waals surface area contributed by atoms with Gasteiger partial charge in [0, 0.05) is 56.8 Å². The van der Waals surface area contributed by atoms with Gasteiger partial charge in [-0.15, -0.1) is 0 Å². The number of rotatable bonds is 7. The van der Waals surface area contributed by atoms with Gasteiger partial charge in [0.15, 0.2) is 18.2 Å². The van der Waals surface area contributed by atoms with Crippen molar-refractivity contribution in [3.8, 4) is 5.75 Å². The number of fused-ring (bicyclic) bond motifs is 2. The van der Waals surface area contributed by atoms with Crippen LogP contribution in [-0.2, 0) is 22.6 Å². The van der Waals surface area contributed by atoms with E-state index in [-0.39, 0.29) is 41.1 Å². The first-order valence-electron chi connectivity index (χ1n) is 11.8. The molecule has 0 unspecified atom stereocenters. The summed E-state index contributed by atoms with van der Waals surface area (Å²) in [5, 5.41) is 6.42. The maximum Gasteiger partial charge on any atom is 0.263 e. The second-order valence-corrected chi connectivity index (χ2v) is 8.98. The predicted molar refractivity (Wildman–Crippen MR) is 129 cm³/mol. The third kappa shape index (κ3) is 5.08. The van der Waals surface area contributed by atoms with Crippen LogP contribution in [-0.4, -0.2) is 65.9 Å². The lowest BCUT2D eigenvalue weighted by Gasteiger charge is -2.38. The number of nitrogens with one attached hydrogen (secondary N) is 2. The van der Waals surface area contributed by atoms with Gasteiger partial charge >= 0.3 is 0 Å². The number of nitrogens with zero attached hydrogens (tertiary/aromatic N) is 3. The van der Waals surface area contributed by atoms with Crippen LogP contribution >= 0.6 is 0 Å². The zero-order valence-corrected chi connectivity index (χ0v) is 19.8. The van der Waals surface area contributed by atoms with E-state index >= 15 is 0 Å². The fourth-order valence-electron chi connectivity index (χ4n) is 4.79. The number of hydrogen-bond donors (Lipinski definition) is 2. The van der Waals surface area contributed by atoms with Crippen molar-refractivity contribution < 1.29 is 23.0 Å². The summed E-state index contributed by atoms with van der Waals surface area (Å²) in [5.41, 5.74) is 0.720. The second kappa shape index (κ2) is 10.3. The third-order valence-corrected chi connectivity index (χ3v) is 6.69. The average molecular weight is 500 g/mol. The van der Waals surface area contributed by atoms with Gasteiger partial charge in [0.05, 0.1) is 17.3 Å². The highest BCUT2D eigenvalue weighted by Crippen LogP contribution is 2.25. The second-order valence-electron chi connectivity index (χ2n) is 8.98. The summed E-state index contributed by atoms with van der Waals surface area (Å²) in [5.74, 6) is -0.653. The Bertz CT molecular complexity index is 1350. The normalized spacial score (nSPS) is 20.1. The molecule has 0 saturated carbocycles. The van der Waals surface area contributed by atoms with Crippen LogP contribution in [0, 0.1) is 11.6 Å². The van der Waals surface area contributed by atoms with E-state index in [0.717, 1.165) is 24.7 Å². The maximum absolute atomic E-state index is 14.2. The van der Waals surface area contributed by atoms with E-state index in [9.17, 15) is 18.4 Å². The molecule has 2 atom stereocenters. The van der Waals surface area contributed by atoms with Gasteiger partial charge in [-0.05, 0) is 37.2 Å². The smallest absolute Gasteiger partial charge is 0.263 e. The lowest BCUT2D eigenvalue weighted by molar-refractivity contribution is -0.118. The SMILES string of the molecule is CO[C@@H]1CN(CCn2c(=O)ccc3c(F)cc(F)cc32)CC[C@@H]1NCc1ccc2c(n1)NC(=O)CO2. The van der Waals surface area contributed by atoms with Gasteiger partial charge in [0.1, 0.15) is 11.6 Å². The van der Waals surface area contributed by atoms with Gasteiger partial charge < -0.3 is 24.7 Å². The van der Waals surface area contributed by atoms with Crippen molar-refractivity contribution in [2.75, 3.05) is 38.7 Å². The molecule has 4 heterocycles. The van der Waals surface area contributed by atoms with Crippen molar-refractivity contribution in [1.82, 2.24) is 19.8 Å². The number of ether oxygens (including phenoxy) is 2. The first kappa shape index (κ1) is 24.3. The zero-order valence-electron chi connectivity index (χ0n) is 19.8. The number of anilines is 1. The zero-order chi connectivity index (χ0) is 25.2. The third-order valence-electron chi connectivity index (χ3n) is 6.69. The molecule has 2 aliphatic rings. The van der Waals surface area contributed by atoms with Crippen molar-refractivity contribution in [3.05, 3.63) is 64.1 Å². The number of benzene rings is 1. The Hall–Kier alpha value is -3.41. The van der Waals surface area contributed by atoms with Crippen molar-refractivity contribution in [2.45, 2.75) is 31.7 Å². The Kier molecular flexibility index (Phi) is 6.95. The van der Waals surface area contributed by atoms with E-state index in [1.807, 2.05) is 6.07 Å². The fraction of sp³-hybridized carbons (Fsp3) is 0.400. The van der Waals surface area contributed by atoms with Crippen LogP contribution in [0.3, 0.4) is 0 Å². The van der Waals surface area contributed by atoms with Crippen LogP contribution < -0.4 is 20.9 Å². The molecular weight excluding hydrogens is 472 g/mol. The minimum Gasteiger partial charge on any atom is -0.480 e. The molecule has 1 fully saturated rings. The molecule has 2 aliphatic heterocycles. The maximum atomic E-state index is 14.2. The summed E-state index contributed by atoms with van der Waals surface area (Å²) >= 11 is 0. The number of pyridine rings is 2. The molecule has 1 amide bonds. The molecule has 9 nitrogen and oxygen atoms in total. The van der Waals surface area contributed by atoms with Crippen molar-refractivity contribution in [2.24, 2.45) is 0 Å². The van der Waals surface area contributed by atoms with Crippen LogP contribution in [0.1, 0.15) is 12.1 Å². The molecule has 3 aromatic rings. The number of carbonyl (C=O) groups excluding carboxylic acids is 1. The molecule has 190 valence electrons. The lowest BCUT2D eigenvalue weighted by Crippen LogP contribution is -2.53. The van der Waals surface area contributed by atoms with Crippen LogP contribution in [0.4, 0.5) is 14.6 Å². The Morgan fingerprint density at radius 1 is 1.19 bits per heavy atom. The van der Waals surface area contributed by atoms with Crippen LogP contribution in [0.2, 0.25) is 0 Å². The van der Waals surface area contributed by atoms with Crippen LogP contribution in [0.5, 0.6) is 5.75 Å². The summed E-state index contributed by atoms with van der Waals surface area (Å²) in [4.78, 5) is 30.6. The number of hydrogen-bond acceptors (Lipinski definition) is 7. The van der Waals surface area contributed by atoms with E-state index in [4.69, 9.17) is 9.47 Å². The number of piperidine rings is 1. The molecule has 2 N–H and O–H groups in total. The van der Waals surface area contributed by atoms with Crippen LogP contribution in [0.15, 0.2) is 41.2 Å². The number of halogens is 2. The standard InChI is InChI=1S/C25H27F2N5O4/c1-35-22-13-31(8-9-32-20-11-15(26)10-18(27)17(20)3-5-24(32)34)7-6-19(22)28-12-16-2-4-21-25(29-16)30-23(33)14-36-21/h2-5,10-11,19,22,28H,6-9,12-14H2,1H3,(H,29,30,33)/t19-,22+/m0/s1. The minimum absolute atomic E-state index is 0.0106. The van der Waals surface area contributed by atoms with E-state index in [2.05, 4.69) is 20.5 Å². The highest BCUT2D eigenvalue weighted by molar-refractivity contribution is 5.94. The topological polar surface area (TPSA) is 97.7 Å². The molecule has 0 bridgehead atoms. The Balaban J connectivity index is 1.20. The number of methoxy groups -OCH3 is 1. The average Bonchev–Trinajstić information content (AvgIpc) is 2.86. The molecule has 36 heavy (non-hydrogen) atoms. The van der Waals surface area contributed by atoms with E-state index in [0.29, 0.717) is 37.7 Å². The molecule has 0 spiro atoms. The van der Waals surface area contributed by atoms with Gasteiger partial charge in [0.2, 0.25) is 0 Å². The highest BCUT2D eigenvalue weighted by atomic mass is 19.1. The molecule has 1 saturated heterocycles. The Morgan fingerprint density at radius 2 is 2.06 bits per heavy atom. The molecule has 11 heteroatoms. The summed E-state index contributed by atoms with van der Waals surface area (Å²) in [6, 6.07) is 8.44. The number of likely N-dealkylation sites (tertiary alicyclic amines) is 1. The quantitative estimate of drug-likeness (QED) is 0.512. The van der Waals surface area contributed by atoms with Gasteiger partial charge in [-0.3, -0.25) is 14.5 Å². The van der Waals surface area contributed by atoms with Gasteiger partial charge in [0.25, 0.3) is 11.5 Å². The predicted octanol–water partition coefficient (Wildman–Crippen LogP) is 1.88. The van der Waals surface area contributed by atoms with Gasteiger partial charge in [-0.1, -0.05) is 0 Å². The van der Waals surface area contributed by atoms with Crippen LogP contribution in [0.25, 0.3) is 10.9 Å².